The van der Waals surface area contributed by atoms with E-state index in [-0.39, 0.29) is 11.8 Å². The lowest BCUT2D eigenvalue weighted by Crippen LogP contribution is -2.60. The monoisotopic (exact) mass is 296 g/mol. The largest absolute Gasteiger partial charge is 0.481 e. The Hall–Kier alpha value is -1.32. The molecule has 21 heavy (non-hydrogen) atoms. The number of rotatable bonds is 6. The lowest BCUT2D eigenvalue weighted by Gasteiger charge is -2.53. The highest BCUT2D eigenvalue weighted by Gasteiger charge is 2.65. The molecule has 0 spiro atoms. The summed E-state index contributed by atoms with van der Waals surface area (Å²) < 4.78 is 0. The van der Waals surface area contributed by atoms with Crippen LogP contribution < -0.4 is 0 Å². The first-order chi connectivity index (χ1) is 9.70. The van der Waals surface area contributed by atoms with E-state index < -0.39 is 22.8 Å². The van der Waals surface area contributed by atoms with Crippen LogP contribution in [-0.2, 0) is 9.59 Å². The minimum atomic E-state index is -1.23. The molecule has 0 amide bonds. The predicted molar refractivity (Wildman–Crippen MR) is 82.0 cm³/mol. The molecule has 0 bridgehead atoms. The molecule has 120 valence electrons. The Balaban J connectivity index is 3.69. The fraction of sp³-hybridized carbons (Fsp3) is 0.765. The molecule has 1 aliphatic carbocycles. The molecule has 0 aromatic heterocycles. The van der Waals surface area contributed by atoms with Crippen molar-refractivity contribution in [2.75, 3.05) is 0 Å². The van der Waals surface area contributed by atoms with Crippen LogP contribution in [0, 0.1) is 22.7 Å². The van der Waals surface area contributed by atoms with Crippen LogP contribution in [0.3, 0.4) is 0 Å². The van der Waals surface area contributed by atoms with Crippen LogP contribution in [0.5, 0.6) is 0 Å². The van der Waals surface area contributed by atoms with Crippen LogP contribution in [0.15, 0.2) is 11.6 Å². The molecule has 0 heterocycles. The third-order valence-corrected chi connectivity index (χ3v) is 5.80. The Morgan fingerprint density at radius 1 is 1.10 bits per heavy atom. The maximum atomic E-state index is 12.3. The van der Waals surface area contributed by atoms with Gasteiger partial charge in [-0.2, -0.15) is 0 Å². The zero-order chi connectivity index (χ0) is 16.4. The number of hydrogen-bond acceptors (Lipinski definition) is 2. The lowest BCUT2D eigenvalue weighted by molar-refractivity contribution is -0.188. The fourth-order valence-corrected chi connectivity index (χ4v) is 4.10. The summed E-state index contributed by atoms with van der Waals surface area (Å²) in [4.78, 5) is 24.5. The van der Waals surface area contributed by atoms with Gasteiger partial charge in [0.25, 0.3) is 0 Å². The zero-order valence-corrected chi connectivity index (χ0v) is 13.8. The summed E-state index contributed by atoms with van der Waals surface area (Å²) in [6, 6.07) is 0. The number of allylic oxidation sites excluding steroid dienone is 2. The van der Waals surface area contributed by atoms with Gasteiger partial charge >= 0.3 is 11.9 Å². The molecule has 2 N–H and O–H groups in total. The second kappa shape index (κ2) is 6.20. The topological polar surface area (TPSA) is 74.6 Å². The third kappa shape index (κ3) is 2.39. The highest BCUT2D eigenvalue weighted by Crippen LogP contribution is 2.60. The van der Waals surface area contributed by atoms with Crippen LogP contribution in [-0.4, -0.2) is 22.2 Å². The average molecular weight is 296 g/mol. The minimum absolute atomic E-state index is 0.190. The van der Waals surface area contributed by atoms with Crippen LogP contribution in [0.1, 0.15) is 60.3 Å². The van der Waals surface area contributed by atoms with Gasteiger partial charge in [-0.15, -0.1) is 0 Å². The molecule has 0 radical (unpaired) electrons. The smallest absolute Gasteiger partial charge is 0.311 e. The Morgan fingerprint density at radius 2 is 1.52 bits per heavy atom. The third-order valence-electron chi connectivity index (χ3n) is 5.80. The van der Waals surface area contributed by atoms with Gasteiger partial charge in [0.15, 0.2) is 0 Å². The summed E-state index contributed by atoms with van der Waals surface area (Å²) in [6.45, 7) is 9.54. The zero-order valence-electron chi connectivity index (χ0n) is 13.8. The van der Waals surface area contributed by atoms with Gasteiger partial charge in [0.1, 0.15) is 0 Å². The number of hydrogen-bond donors (Lipinski definition) is 2. The van der Waals surface area contributed by atoms with Crippen molar-refractivity contribution >= 4 is 11.9 Å². The molecule has 0 aromatic carbocycles. The van der Waals surface area contributed by atoms with Gasteiger partial charge in [-0.1, -0.05) is 52.2 Å². The van der Waals surface area contributed by atoms with E-state index >= 15 is 0 Å². The molecule has 0 aromatic rings. The van der Waals surface area contributed by atoms with Crippen molar-refractivity contribution in [3.05, 3.63) is 11.6 Å². The number of carboxylic acid groups (broad SMARTS) is 2. The maximum absolute atomic E-state index is 12.3. The second-order valence-electron chi connectivity index (χ2n) is 6.60. The van der Waals surface area contributed by atoms with E-state index in [0.29, 0.717) is 25.7 Å². The molecule has 4 nitrogen and oxygen atoms in total. The van der Waals surface area contributed by atoms with E-state index in [1.807, 2.05) is 40.7 Å². The van der Waals surface area contributed by atoms with Crippen molar-refractivity contribution in [2.24, 2.45) is 22.7 Å². The first-order valence-electron chi connectivity index (χ1n) is 7.83. The van der Waals surface area contributed by atoms with Crippen LogP contribution in [0.2, 0.25) is 0 Å². The van der Waals surface area contributed by atoms with Gasteiger partial charge in [-0.05, 0) is 31.6 Å². The molecular weight excluding hydrogens is 268 g/mol. The number of carboxylic acids is 2. The summed E-state index contributed by atoms with van der Waals surface area (Å²) >= 11 is 0. The van der Waals surface area contributed by atoms with E-state index in [0.717, 1.165) is 5.57 Å². The quantitative estimate of drug-likeness (QED) is 0.727. The Bertz CT molecular complexity index is 454. The molecule has 0 saturated carbocycles. The van der Waals surface area contributed by atoms with E-state index in [1.165, 1.54) is 0 Å². The first-order valence-corrected chi connectivity index (χ1v) is 7.83. The van der Waals surface area contributed by atoms with E-state index in [4.69, 9.17) is 0 Å². The van der Waals surface area contributed by atoms with Crippen LogP contribution in [0.25, 0.3) is 0 Å². The summed E-state index contributed by atoms with van der Waals surface area (Å²) in [5, 5.41) is 20.1. The molecule has 0 saturated heterocycles. The van der Waals surface area contributed by atoms with E-state index in [9.17, 15) is 19.8 Å². The van der Waals surface area contributed by atoms with E-state index in [1.54, 1.807) is 0 Å². The number of carbonyl (C=O) groups is 2. The molecule has 4 heteroatoms. The van der Waals surface area contributed by atoms with Gasteiger partial charge in [-0.3, -0.25) is 9.59 Å². The maximum Gasteiger partial charge on any atom is 0.311 e. The summed E-state index contributed by atoms with van der Waals surface area (Å²) in [5.74, 6) is -2.32. The van der Waals surface area contributed by atoms with Gasteiger partial charge in [0.2, 0.25) is 0 Å². The number of aliphatic carboxylic acids is 2. The molecule has 1 rings (SSSR count). The van der Waals surface area contributed by atoms with Crippen molar-refractivity contribution in [3.8, 4) is 0 Å². The van der Waals surface area contributed by atoms with Gasteiger partial charge < -0.3 is 10.2 Å². The predicted octanol–water partition coefficient (Wildman–Crippen LogP) is 3.96. The lowest BCUT2D eigenvalue weighted by atomic mass is 9.47. The van der Waals surface area contributed by atoms with Crippen molar-refractivity contribution in [1.29, 1.82) is 0 Å². The van der Waals surface area contributed by atoms with Crippen molar-refractivity contribution in [3.63, 3.8) is 0 Å². The molecule has 0 aliphatic heterocycles. The molecular formula is C17H28O4. The van der Waals surface area contributed by atoms with Crippen molar-refractivity contribution in [2.45, 2.75) is 60.3 Å². The molecule has 0 fully saturated rings. The highest BCUT2D eigenvalue weighted by molar-refractivity contribution is 5.88. The standard InChI is InChI=1S/C17H28O4/c1-6-12(4)16(14(18)19)9-8-11(3)10-17(16,15(20)21)13(5)7-2/h8,12-13H,6-7,9-10H2,1-5H3,(H,18,19)(H,20,21). The first kappa shape index (κ1) is 17.7. The SMILES string of the molecule is CCC(C)C1(C(=O)O)CC=C(C)CC1(C(=O)O)C(C)CC. The van der Waals surface area contributed by atoms with Gasteiger partial charge in [0, 0.05) is 0 Å². The Kier molecular flexibility index (Phi) is 5.24. The summed E-state index contributed by atoms with van der Waals surface area (Å²) in [6.07, 6.45) is 3.87. The van der Waals surface area contributed by atoms with Crippen LogP contribution in [0.4, 0.5) is 0 Å². The molecule has 4 unspecified atom stereocenters. The highest BCUT2D eigenvalue weighted by atomic mass is 16.4. The Labute approximate surface area is 127 Å². The minimum Gasteiger partial charge on any atom is -0.481 e. The summed E-state index contributed by atoms with van der Waals surface area (Å²) in [7, 11) is 0. The normalized spacial score (nSPS) is 32.1. The fourth-order valence-electron chi connectivity index (χ4n) is 4.10. The Morgan fingerprint density at radius 3 is 1.90 bits per heavy atom. The average Bonchev–Trinajstić information content (AvgIpc) is 2.44. The molecule has 4 atom stereocenters. The summed E-state index contributed by atoms with van der Waals surface area (Å²) in [5.41, 5.74) is -1.48. The molecule has 1 aliphatic rings. The van der Waals surface area contributed by atoms with Gasteiger partial charge in [0.05, 0.1) is 10.8 Å². The van der Waals surface area contributed by atoms with Crippen molar-refractivity contribution in [1.82, 2.24) is 0 Å². The van der Waals surface area contributed by atoms with Gasteiger partial charge in [-0.25, -0.2) is 0 Å². The van der Waals surface area contributed by atoms with Crippen LogP contribution >= 0.6 is 0 Å². The van der Waals surface area contributed by atoms with E-state index in [2.05, 4.69) is 0 Å². The van der Waals surface area contributed by atoms with Crippen molar-refractivity contribution < 1.29 is 19.8 Å². The second-order valence-corrected chi connectivity index (χ2v) is 6.60.